The lowest BCUT2D eigenvalue weighted by molar-refractivity contribution is -0.145. The maximum absolute atomic E-state index is 13.5. The molecule has 1 aromatic heterocycles. The molecular weight excluding hydrogens is 280 g/mol. The van der Waals surface area contributed by atoms with Gasteiger partial charge in [0, 0.05) is 0 Å². The van der Waals surface area contributed by atoms with Crippen LogP contribution in [-0.4, -0.2) is 15.1 Å². The molecule has 0 atom stereocenters. The van der Waals surface area contributed by atoms with Gasteiger partial charge in [-0.25, -0.2) is 14.4 Å². The smallest absolute Gasteiger partial charge is 0.451 e. The van der Waals surface area contributed by atoms with E-state index < -0.39 is 17.8 Å². The van der Waals surface area contributed by atoms with E-state index in [1.54, 1.807) is 0 Å². The zero-order valence-corrected chi connectivity index (χ0v) is 9.86. The molecule has 0 aliphatic heterocycles. The number of benzene rings is 1. The molecule has 1 aromatic carbocycles. The zero-order valence-electron chi connectivity index (χ0n) is 9.86. The zero-order chi connectivity index (χ0) is 14.8. The molecule has 1 N–H and O–H groups in total. The molecule has 0 radical (unpaired) electrons. The summed E-state index contributed by atoms with van der Waals surface area (Å²) in [7, 11) is 0. The minimum absolute atomic E-state index is 0.131. The summed E-state index contributed by atoms with van der Waals surface area (Å²) < 4.78 is 55.3. The summed E-state index contributed by atoms with van der Waals surface area (Å²) in [5.41, 5.74) is 0.346. The second-order valence-electron chi connectivity index (χ2n) is 3.77. The van der Waals surface area contributed by atoms with Gasteiger partial charge >= 0.3 is 6.18 Å². The van der Waals surface area contributed by atoms with Gasteiger partial charge in [-0.05, 0) is 17.7 Å². The number of ether oxygens (including phenoxy) is 1. The van der Waals surface area contributed by atoms with Crippen LogP contribution in [0.4, 0.5) is 17.6 Å². The van der Waals surface area contributed by atoms with Gasteiger partial charge in [-0.1, -0.05) is 6.07 Å². The highest BCUT2D eigenvalue weighted by molar-refractivity contribution is 5.32. The fourth-order valence-corrected chi connectivity index (χ4v) is 1.37. The van der Waals surface area contributed by atoms with E-state index in [-0.39, 0.29) is 18.1 Å². The highest BCUT2D eigenvalue weighted by atomic mass is 19.4. The van der Waals surface area contributed by atoms with Crippen molar-refractivity contribution in [2.45, 2.75) is 12.8 Å². The number of aliphatic hydroxyl groups is 1. The second kappa shape index (κ2) is 5.41. The van der Waals surface area contributed by atoms with Gasteiger partial charge in [-0.15, -0.1) is 0 Å². The number of nitrogens with zero attached hydrogens (tertiary/aromatic N) is 2. The van der Waals surface area contributed by atoms with Gasteiger partial charge in [0.15, 0.2) is 17.3 Å². The fraction of sp³-hybridized carbons (Fsp3) is 0.167. The molecule has 0 saturated heterocycles. The van der Waals surface area contributed by atoms with Crippen molar-refractivity contribution in [2.75, 3.05) is 0 Å². The van der Waals surface area contributed by atoms with E-state index in [9.17, 15) is 17.6 Å². The molecule has 0 unspecified atom stereocenters. The van der Waals surface area contributed by atoms with E-state index in [0.717, 1.165) is 18.5 Å². The van der Waals surface area contributed by atoms with Crippen molar-refractivity contribution in [1.82, 2.24) is 9.97 Å². The molecule has 2 aromatic rings. The second-order valence-corrected chi connectivity index (χ2v) is 3.77. The van der Waals surface area contributed by atoms with Crippen molar-refractivity contribution in [3.05, 3.63) is 47.8 Å². The molecule has 20 heavy (non-hydrogen) atoms. The topological polar surface area (TPSA) is 55.2 Å². The molecule has 0 saturated carbocycles. The predicted molar refractivity (Wildman–Crippen MR) is 59.4 cm³/mol. The van der Waals surface area contributed by atoms with Gasteiger partial charge < -0.3 is 9.84 Å². The maximum atomic E-state index is 13.5. The number of aromatic nitrogens is 2. The van der Waals surface area contributed by atoms with Crippen LogP contribution in [0, 0.1) is 5.82 Å². The number of halogens is 4. The number of aliphatic hydroxyl groups excluding tert-OH is 1. The van der Waals surface area contributed by atoms with E-state index in [4.69, 9.17) is 9.84 Å². The van der Waals surface area contributed by atoms with E-state index in [1.165, 1.54) is 12.1 Å². The van der Waals surface area contributed by atoms with Crippen molar-refractivity contribution in [2.24, 2.45) is 0 Å². The summed E-state index contributed by atoms with van der Waals surface area (Å²) in [5.74, 6) is -2.39. The van der Waals surface area contributed by atoms with Gasteiger partial charge in [0.1, 0.15) is 0 Å². The fourth-order valence-electron chi connectivity index (χ4n) is 1.37. The summed E-state index contributed by atoms with van der Waals surface area (Å²) >= 11 is 0. The van der Waals surface area contributed by atoms with Crippen LogP contribution in [0.3, 0.4) is 0 Å². The lowest BCUT2D eigenvalue weighted by Gasteiger charge is -2.08. The molecule has 0 fully saturated rings. The van der Waals surface area contributed by atoms with Crippen LogP contribution in [-0.2, 0) is 12.8 Å². The van der Waals surface area contributed by atoms with Crippen molar-refractivity contribution in [3.63, 3.8) is 0 Å². The van der Waals surface area contributed by atoms with Crippen LogP contribution >= 0.6 is 0 Å². The molecule has 0 amide bonds. The molecule has 8 heteroatoms. The van der Waals surface area contributed by atoms with E-state index in [1.807, 2.05) is 0 Å². The quantitative estimate of drug-likeness (QED) is 0.882. The third-order valence-corrected chi connectivity index (χ3v) is 2.29. The van der Waals surface area contributed by atoms with Crippen molar-refractivity contribution < 1.29 is 27.4 Å². The summed E-state index contributed by atoms with van der Waals surface area (Å²) in [6, 6.07) is 3.72. The van der Waals surface area contributed by atoms with Crippen LogP contribution in [0.2, 0.25) is 0 Å². The van der Waals surface area contributed by atoms with Crippen molar-refractivity contribution >= 4 is 0 Å². The molecule has 106 valence electrons. The third-order valence-electron chi connectivity index (χ3n) is 2.29. The Morgan fingerprint density at radius 1 is 1.15 bits per heavy atom. The van der Waals surface area contributed by atoms with Crippen molar-refractivity contribution in [1.29, 1.82) is 0 Å². The van der Waals surface area contributed by atoms with Crippen LogP contribution in [0.25, 0.3) is 0 Å². The Morgan fingerprint density at radius 2 is 1.80 bits per heavy atom. The van der Waals surface area contributed by atoms with Crippen LogP contribution in [0.1, 0.15) is 11.4 Å². The van der Waals surface area contributed by atoms with Crippen molar-refractivity contribution in [3.8, 4) is 11.5 Å². The standard InChI is InChI=1S/C12H8F4N2O2/c13-9-3-7(6-19)1-2-10(9)20-8-4-17-11(18-5-8)12(14,15)16/h1-5,19H,6H2. The van der Waals surface area contributed by atoms with Gasteiger partial charge in [0.2, 0.25) is 5.82 Å². The molecule has 0 aliphatic rings. The van der Waals surface area contributed by atoms with E-state index in [2.05, 4.69) is 9.97 Å². The number of hydrogen-bond acceptors (Lipinski definition) is 4. The number of rotatable bonds is 3. The van der Waals surface area contributed by atoms with Crippen LogP contribution in [0.15, 0.2) is 30.6 Å². The Hall–Kier alpha value is -2.22. The lowest BCUT2D eigenvalue weighted by Crippen LogP contribution is -2.10. The summed E-state index contributed by atoms with van der Waals surface area (Å²) in [5, 5.41) is 8.82. The minimum atomic E-state index is -4.65. The van der Waals surface area contributed by atoms with Crippen LogP contribution in [0.5, 0.6) is 11.5 Å². The van der Waals surface area contributed by atoms with Gasteiger partial charge in [0.05, 0.1) is 19.0 Å². The third kappa shape index (κ3) is 3.21. The first-order valence-electron chi connectivity index (χ1n) is 5.36. The predicted octanol–water partition coefficient (Wildman–Crippen LogP) is 2.92. The summed E-state index contributed by atoms with van der Waals surface area (Å²) in [4.78, 5) is 6.17. The average Bonchev–Trinajstić information content (AvgIpc) is 2.40. The molecule has 4 nitrogen and oxygen atoms in total. The van der Waals surface area contributed by atoms with Gasteiger partial charge in [-0.2, -0.15) is 13.2 Å². The average molecular weight is 288 g/mol. The SMILES string of the molecule is OCc1ccc(Oc2cnc(C(F)(F)F)nc2)c(F)c1. The minimum Gasteiger partial charge on any atom is -0.451 e. The molecule has 0 bridgehead atoms. The normalized spacial score (nSPS) is 11.4. The number of hydrogen-bond donors (Lipinski definition) is 1. The Kier molecular flexibility index (Phi) is 3.84. The van der Waals surface area contributed by atoms with Crippen LogP contribution < -0.4 is 4.74 Å². The number of alkyl halides is 3. The molecule has 1 heterocycles. The van der Waals surface area contributed by atoms with E-state index >= 15 is 0 Å². The highest BCUT2D eigenvalue weighted by Gasteiger charge is 2.34. The first kappa shape index (κ1) is 14.2. The first-order valence-corrected chi connectivity index (χ1v) is 5.36. The molecule has 0 aliphatic carbocycles. The van der Waals surface area contributed by atoms with Gasteiger partial charge in [-0.3, -0.25) is 0 Å². The summed E-state index contributed by atoms with van der Waals surface area (Å²) in [6.45, 7) is -0.333. The van der Waals surface area contributed by atoms with Gasteiger partial charge in [0.25, 0.3) is 0 Å². The summed E-state index contributed by atoms with van der Waals surface area (Å²) in [6.07, 6.45) is -3.04. The molecular formula is C12H8F4N2O2. The monoisotopic (exact) mass is 288 g/mol. The molecule has 0 spiro atoms. The molecule has 2 rings (SSSR count). The Bertz CT molecular complexity index is 599. The Balaban J connectivity index is 2.18. The van der Waals surface area contributed by atoms with E-state index in [0.29, 0.717) is 5.56 Å². The largest absolute Gasteiger partial charge is 0.451 e. The maximum Gasteiger partial charge on any atom is 0.451 e. The Labute approximate surface area is 110 Å². The Morgan fingerprint density at radius 3 is 2.30 bits per heavy atom. The lowest BCUT2D eigenvalue weighted by atomic mass is 10.2. The highest BCUT2D eigenvalue weighted by Crippen LogP contribution is 2.28. The first-order chi connectivity index (χ1) is 9.40.